The number of hydrogen-bond donors (Lipinski definition) is 1. The van der Waals surface area contributed by atoms with Gasteiger partial charge in [0.1, 0.15) is 5.75 Å². The molecule has 18 heavy (non-hydrogen) atoms. The molecule has 0 radical (unpaired) electrons. The molecule has 1 atom stereocenters. The summed E-state index contributed by atoms with van der Waals surface area (Å²) < 4.78 is 5.74. The first-order chi connectivity index (χ1) is 8.76. The maximum absolute atomic E-state index is 5.74. The number of rotatable bonds is 9. The third-order valence-corrected chi connectivity index (χ3v) is 3.11. The minimum Gasteiger partial charge on any atom is -0.494 e. The third-order valence-electron chi connectivity index (χ3n) is 3.11. The van der Waals surface area contributed by atoms with Crippen molar-refractivity contribution in [1.82, 2.24) is 5.32 Å². The van der Waals surface area contributed by atoms with E-state index in [1.54, 1.807) is 0 Å². The Morgan fingerprint density at radius 2 is 1.89 bits per heavy atom. The van der Waals surface area contributed by atoms with Gasteiger partial charge in [-0.2, -0.15) is 0 Å². The van der Waals surface area contributed by atoms with Gasteiger partial charge < -0.3 is 10.1 Å². The van der Waals surface area contributed by atoms with Crippen LogP contribution in [0.1, 0.15) is 45.6 Å². The highest BCUT2D eigenvalue weighted by Crippen LogP contribution is 2.14. The van der Waals surface area contributed by atoms with Gasteiger partial charge in [0.2, 0.25) is 0 Å². The van der Waals surface area contributed by atoms with E-state index in [1.807, 2.05) is 0 Å². The van der Waals surface area contributed by atoms with Gasteiger partial charge in [0, 0.05) is 6.04 Å². The van der Waals surface area contributed by atoms with Crippen LogP contribution in [0.4, 0.5) is 0 Å². The monoisotopic (exact) mass is 249 g/mol. The molecule has 0 saturated carbocycles. The smallest absolute Gasteiger partial charge is 0.119 e. The quantitative estimate of drug-likeness (QED) is 0.719. The maximum atomic E-state index is 5.74. The maximum Gasteiger partial charge on any atom is 0.119 e. The molecule has 0 spiro atoms. The largest absolute Gasteiger partial charge is 0.494 e. The van der Waals surface area contributed by atoms with Gasteiger partial charge in [-0.1, -0.05) is 32.4 Å². The Morgan fingerprint density at radius 1 is 1.17 bits per heavy atom. The van der Waals surface area contributed by atoms with Crippen LogP contribution in [0, 0.1) is 0 Å². The molecule has 1 N–H and O–H groups in total. The fraction of sp³-hybridized carbons (Fsp3) is 0.625. The number of benzene rings is 1. The van der Waals surface area contributed by atoms with Crippen LogP contribution < -0.4 is 10.1 Å². The van der Waals surface area contributed by atoms with E-state index in [4.69, 9.17) is 4.74 Å². The van der Waals surface area contributed by atoms with Crippen molar-refractivity contribution in [2.24, 2.45) is 0 Å². The van der Waals surface area contributed by atoms with Gasteiger partial charge in [0.25, 0.3) is 0 Å². The Morgan fingerprint density at radius 3 is 2.50 bits per heavy atom. The minimum absolute atomic E-state index is 0.527. The Bertz CT molecular complexity index is 307. The fourth-order valence-electron chi connectivity index (χ4n) is 1.94. The van der Waals surface area contributed by atoms with Gasteiger partial charge in [0.05, 0.1) is 6.61 Å². The molecule has 2 nitrogen and oxygen atoms in total. The second kappa shape index (κ2) is 8.98. The molecule has 2 heteroatoms. The predicted molar refractivity (Wildman–Crippen MR) is 78.3 cm³/mol. The number of unbranched alkanes of at least 4 members (excludes halogenated alkanes) is 1. The lowest BCUT2D eigenvalue weighted by Crippen LogP contribution is -2.27. The fourth-order valence-corrected chi connectivity index (χ4v) is 1.94. The van der Waals surface area contributed by atoms with Crippen molar-refractivity contribution in [2.45, 2.75) is 52.5 Å². The molecule has 102 valence electrons. The molecular weight excluding hydrogens is 222 g/mol. The van der Waals surface area contributed by atoms with E-state index in [0.29, 0.717) is 6.04 Å². The lowest BCUT2D eigenvalue weighted by atomic mass is 10.1. The molecule has 0 fully saturated rings. The Kier molecular flexibility index (Phi) is 7.51. The van der Waals surface area contributed by atoms with Gasteiger partial charge in [-0.25, -0.2) is 0 Å². The van der Waals surface area contributed by atoms with Gasteiger partial charge >= 0.3 is 0 Å². The molecule has 1 unspecified atom stereocenters. The molecule has 0 aliphatic rings. The molecule has 0 aliphatic heterocycles. The first kappa shape index (κ1) is 15.0. The summed E-state index contributed by atoms with van der Waals surface area (Å²) in [5.41, 5.74) is 1.41. The predicted octanol–water partition coefficient (Wildman–Crippen LogP) is 3.80. The van der Waals surface area contributed by atoms with Crippen LogP contribution in [-0.2, 0) is 6.42 Å². The Balaban J connectivity index is 2.26. The van der Waals surface area contributed by atoms with Gasteiger partial charge in [-0.3, -0.25) is 0 Å². The highest BCUT2D eigenvalue weighted by molar-refractivity contribution is 5.27. The van der Waals surface area contributed by atoms with E-state index in [9.17, 15) is 0 Å². The first-order valence-electron chi connectivity index (χ1n) is 7.21. The second-order valence-corrected chi connectivity index (χ2v) is 4.84. The van der Waals surface area contributed by atoms with E-state index < -0.39 is 0 Å². The lowest BCUT2D eigenvalue weighted by molar-refractivity contribution is 0.291. The Labute approximate surface area is 112 Å². The zero-order valence-corrected chi connectivity index (χ0v) is 12.0. The normalized spacial score (nSPS) is 12.4. The third kappa shape index (κ3) is 6.06. The van der Waals surface area contributed by atoms with Crippen molar-refractivity contribution in [2.75, 3.05) is 13.2 Å². The molecule has 0 heterocycles. The molecule has 0 bridgehead atoms. The van der Waals surface area contributed by atoms with Crippen molar-refractivity contribution in [3.63, 3.8) is 0 Å². The topological polar surface area (TPSA) is 21.3 Å². The van der Waals surface area contributed by atoms with Crippen LogP contribution in [0.2, 0.25) is 0 Å². The van der Waals surface area contributed by atoms with Crippen LogP contribution in [0.25, 0.3) is 0 Å². The van der Waals surface area contributed by atoms with Crippen molar-refractivity contribution in [3.8, 4) is 5.75 Å². The molecular formula is C16H27NO. The summed E-state index contributed by atoms with van der Waals surface area (Å²) in [4.78, 5) is 0. The summed E-state index contributed by atoms with van der Waals surface area (Å²) in [5, 5.41) is 3.38. The van der Waals surface area contributed by atoms with Crippen molar-refractivity contribution in [1.29, 1.82) is 0 Å². The van der Waals surface area contributed by atoms with E-state index in [2.05, 4.69) is 50.4 Å². The van der Waals surface area contributed by atoms with Gasteiger partial charge in [-0.05, 0) is 50.4 Å². The van der Waals surface area contributed by atoms with E-state index in [1.165, 1.54) is 24.8 Å². The summed E-state index contributed by atoms with van der Waals surface area (Å²) in [7, 11) is 0. The zero-order valence-electron chi connectivity index (χ0n) is 12.0. The summed E-state index contributed by atoms with van der Waals surface area (Å²) >= 11 is 0. The zero-order chi connectivity index (χ0) is 13.2. The number of hydrogen-bond acceptors (Lipinski definition) is 2. The number of aryl methyl sites for hydroxylation is 1. The van der Waals surface area contributed by atoms with Gasteiger partial charge in [0.15, 0.2) is 0 Å². The van der Waals surface area contributed by atoms with Crippen LogP contribution in [0.3, 0.4) is 0 Å². The van der Waals surface area contributed by atoms with Crippen LogP contribution >= 0.6 is 0 Å². The average molecular weight is 249 g/mol. The second-order valence-electron chi connectivity index (χ2n) is 4.84. The number of ether oxygens (including phenoxy) is 1. The summed E-state index contributed by atoms with van der Waals surface area (Å²) in [5.74, 6) is 0.985. The summed E-state index contributed by atoms with van der Waals surface area (Å²) in [6.07, 6.45) is 4.74. The standard InChI is InChI=1S/C16H27NO/c1-4-6-7-15-8-10-16(11-9-15)18-13-12-14(3)17-5-2/h8-11,14,17H,4-7,12-13H2,1-3H3. The van der Waals surface area contributed by atoms with E-state index in [-0.39, 0.29) is 0 Å². The highest BCUT2D eigenvalue weighted by atomic mass is 16.5. The molecule has 1 aromatic carbocycles. The van der Waals surface area contributed by atoms with Crippen LogP contribution in [0.5, 0.6) is 5.75 Å². The molecule has 0 saturated heterocycles. The first-order valence-corrected chi connectivity index (χ1v) is 7.21. The highest BCUT2D eigenvalue weighted by Gasteiger charge is 2.00. The van der Waals surface area contributed by atoms with Crippen LogP contribution in [-0.4, -0.2) is 19.2 Å². The molecule has 1 aromatic rings. The molecule has 0 aliphatic carbocycles. The SMILES string of the molecule is CCCCc1ccc(OCCC(C)NCC)cc1. The molecule has 0 amide bonds. The number of nitrogens with one attached hydrogen (secondary N) is 1. The average Bonchev–Trinajstić information content (AvgIpc) is 2.38. The van der Waals surface area contributed by atoms with Gasteiger partial charge in [-0.15, -0.1) is 0 Å². The minimum atomic E-state index is 0.527. The van der Waals surface area contributed by atoms with Crippen LogP contribution in [0.15, 0.2) is 24.3 Å². The molecule has 1 rings (SSSR count). The van der Waals surface area contributed by atoms with Crippen molar-refractivity contribution in [3.05, 3.63) is 29.8 Å². The Hall–Kier alpha value is -1.02. The summed E-state index contributed by atoms with van der Waals surface area (Å²) in [6.45, 7) is 8.35. The summed E-state index contributed by atoms with van der Waals surface area (Å²) in [6, 6.07) is 9.06. The van der Waals surface area contributed by atoms with Crippen molar-refractivity contribution < 1.29 is 4.74 Å². The van der Waals surface area contributed by atoms with E-state index >= 15 is 0 Å². The molecule has 0 aromatic heterocycles. The lowest BCUT2D eigenvalue weighted by Gasteiger charge is -2.13. The van der Waals surface area contributed by atoms with E-state index in [0.717, 1.165) is 25.3 Å². The van der Waals surface area contributed by atoms with Crippen molar-refractivity contribution >= 4 is 0 Å².